The number of rotatable bonds is 7. The van der Waals surface area contributed by atoms with Crippen LogP contribution in [-0.4, -0.2) is 38.5 Å². The van der Waals surface area contributed by atoms with Crippen molar-refractivity contribution in [1.29, 1.82) is 0 Å². The van der Waals surface area contributed by atoms with Gasteiger partial charge in [-0.3, -0.25) is 9.58 Å². The van der Waals surface area contributed by atoms with E-state index in [-0.39, 0.29) is 6.10 Å². The van der Waals surface area contributed by atoms with Crippen molar-refractivity contribution in [3.05, 3.63) is 18.0 Å². The first-order valence-electron chi connectivity index (χ1n) is 8.10. The van der Waals surface area contributed by atoms with Gasteiger partial charge in [0.25, 0.3) is 0 Å². The Morgan fingerprint density at radius 3 is 2.80 bits per heavy atom. The van der Waals surface area contributed by atoms with Crippen LogP contribution in [0, 0.1) is 0 Å². The van der Waals surface area contributed by atoms with Gasteiger partial charge in [0.2, 0.25) is 0 Å². The minimum Gasteiger partial charge on any atom is -0.393 e. The summed E-state index contributed by atoms with van der Waals surface area (Å²) in [4.78, 5) is 2.48. The van der Waals surface area contributed by atoms with Gasteiger partial charge < -0.3 is 5.11 Å². The largest absolute Gasteiger partial charge is 0.393 e. The standard InChI is InChI=1S/C16H29N3O/c1-4-15(5-2)19-10-8-14(17-19)12-18-9-6-7-16(18)11-13(3)20/h8,10,13,15-16,20H,4-7,9,11-12H2,1-3H3. The van der Waals surface area contributed by atoms with Crippen molar-refractivity contribution in [3.63, 3.8) is 0 Å². The highest BCUT2D eigenvalue weighted by Crippen LogP contribution is 2.23. The molecule has 0 spiro atoms. The van der Waals surface area contributed by atoms with E-state index >= 15 is 0 Å². The normalized spacial score (nSPS) is 21.8. The molecule has 1 aliphatic rings. The van der Waals surface area contributed by atoms with Gasteiger partial charge in [0.15, 0.2) is 0 Å². The Labute approximate surface area is 122 Å². The predicted octanol–water partition coefficient (Wildman–Crippen LogP) is 2.98. The molecule has 4 nitrogen and oxygen atoms in total. The molecule has 4 heteroatoms. The lowest BCUT2D eigenvalue weighted by Crippen LogP contribution is -2.31. The van der Waals surface area contributed by atoms with Crippen molar-refractivity contribution >= 4 is 0 Å². The topological polar surface area (TPSA) is 41.3 Å². The average Bonchev–Trinajstić information content (AvgIpc) is 3.02. The highest BCUT2D eigenvalue weighted by Gasteiger charge is 2.26. The SMILES string of the molecule is CCC(CC)n1ccc(CN2CCCC2CC(C)O)n1. The zero-order valence-electron chi connectivity index (χ0n) is 13.1. The van der Waals surface area contributed by atoms with Gasteiger partial charge in [-0.25, -0.2) is 0 Å². The van der Waals surface area contributed by atoms with Crippen LogP contribution in [0.25, 0.3) is 0 Å². The Morgan fingerprint density at radius 2 is 2.15 bits per heavy atom. The van der Waals surface area contributed by atoms with E-state index in [0.29, 0.717) is 12.1 Å². The van der Waals surface area contributed by atoms with E-state index < -0.39 is 0 Å². The predicted molar refractivity (Wildman–Crippen MR) is 81.6 cm³/mol. The third-order valence-electron chi connectivity index (χ3n) is 4.46. The highest BCUT2D eigenvalue weighted by molar-refractivity contribution is 5.01. The fourth-order valence-corrected chi connectivity index (χ4v) is 3.30. The van der Waals surface area contributed by atoms with Crippen LogP contribution in [0.15, 0.2) is 12.3 Å². The monoisotopic (exact) mass is 279 g/mol. The maximum absolute atomic E-state index is 9.59. The van der Waals surface area contributed by atoms with Crippen LogP contribution in [0.1, 0.15) is 64.6 Å². The third-order valence-corrected chi connectivity index (χ3v) is 4.46. The first-order chi connectivity index (χ1) is 9.63. The molecule has 0 radical (unpaired) electrons. The molecule has 1 aromatic heterocycles. The van der Waals surface area contributed by atoms with Crippen molar-refractivity contribution in [2.24, 2.45) is 0 Å². The Bertz CT molecular complexity index is 398. The average molecular weight is 279 g/mol. The molecule has 0 aliphatic carbocycles. The summed E-state index contributed by atoms with van der Waals surface area (Å²) in [7, 11) is 0. The quantitative estimate of drug-likeness (QED) is 0.834. The molecule has 0 saturated carbocycles. The minimum atomic E-state index is -0.206. The number of aromatic nitrogens is 2. The zero-order valence-corrected chi connectivity index (χ0v) is 13.1. The number of nitrogens with zero attached hydrogens (tertiary/aromatic N) is 3. The van der Waals surface area contributed by atoms with E-state index in [1.807, 2.05) is 6.92 Å². The third kappa shape index (κ3) is 3.83. The van der Waals surface area contributed by atoms with Gasteiger partial charge in [0.05, 0.1) is 17.8 Å². The second-order valence-electron chi connectivity index (χ2n) is 6.11. The van der Waals surface area contributed by atoms with Gasteiger partial charge in [-0.15, -0.1) is 0 Å². The van der Waals surface area contributed by atoms with Crippen molar-refractivity contribution in [2.45, 2.75) is 77.6 Å². The summed E-state index contributed by atoms with van der Waals surface area (Å²) < 4.78 is 2.12. The molecule has 1 N–H and O–H groups in total. The van der Waals surface area contributed by atoms with Crippen LogP contribution < -0.4 is 0 Å². The van der Waals surface area contributed by atoms with Gasteiger partial charge in [-0.05, 0) is 51.6 Å². The second-order valence-corrected chi connectivity index (χ2v) is 6.11. The minimum absolute atomic E-state index is 0.206. The molecule has 1 saturated heterocycles. The van der Waals surface area contributed by atoms with Crippen LogP contribution in [0.2, 0.25) is 0 Å². The lowest BCUT2D eigenvalue weighted by Gasteiger charge is -2.24. The number of likely N-dealkylation sites (tertiary alicyclic amines) is 1. The van der Waals surface area contributed by atoms with E-state index in [9.17, 15) is 5.11 Å². The maximum atomic E-state index is 9.59. The summed E-state index contributed by atoms with van der Waals surface area (Å²) in [6, 6.07) is 3.19. The fourth-order valence-electron chi connectivity index (χ4n) is 3.30. The molecule has 2 rings (SSSR count). The van der Waals surface area contributed by atoms with Crippen molar-refractivity contribution < 1.29 is 5.11 Å². The van der Waals surface area contributed by atoms with Crippen LogP contribution in [0.5, 0.6) is 0 Å². The van der Waals surface area contributed by atoms with E-state index in [0.717, 1.165) is 38.0 Å². The van der Waals surface area contributed by atoms with E-state index in [1.165, 1.54) is 12.8 Å². The van der Waals surface area contributed by atoms with Crippen LogP contribution in [-0.2, 0) is 6.54 Å². The summed E-state index contributed by atoms with van der Waals surface area (Å²) >= 11 is 0. The summed E-state index contributed by atoms with van der Waals surface area (Å²) in [5.74, 6) is 0. The summed E-state index contributed by atoms with van der Waals surface area (Å²) in [5, 5.41) is 14.3. The zero-order chi connectivity index (χ0) is 14.5. The van der Waals surface area contributed by atoms with Crippen molar-refractivity contribution in [1.82, 2.24) is 14.7 Å². The molecular weight excluding hydrogens is 250 g/mol. The Kier molecular flexibility index (Phi) is 5.61. The van der Waals surface area contributed by atoms with E-state index in [2.05, 4.69) is 35.7 Å². The van der Waals surface area contributed by atoms with Gasteiger partial charge in [-0.1, -0.05) is 13.8 Å². The molecule has 114 valence electrons. The number of hydrogen-bond donors (Lipinski definition) is 1. The first-order valence-corrected chi connectivity index (χ1v) is 8.10. The van der Waals surface area contributed by atoms with Crippen molar-refractivity contribution in [3.8, 4) is 0 Å². The lowest BCUT2D eigenvalue weighted by atomic mass is 10.1. The molecule has 20 heavy (non-hydrogen) atoms. The molecule has 2 atom stereocenters. The summed E-state index contributed by atoms with van der Waals surface area (Å²) in [5.41, 5.74) is 1.16. The molecule has 1 fully saturated rings. The van der Waals surface area contributed by atoms with Crippen LogP contribution >= 0.6 is 0 Å². The Balaban J connectivity index is 1.95. The maximum Gasteiger partial charge on any atom is 0.0765 e. The van der Waals surface area contributed by atoms with E-state index in [1.54, 1.807) is 0 Å². The van der Waals surface area contributed by atoms with Crippen molar-refractivity contribution in [2.75, 3.05) is 6.54 Å². The lowest BCUT2D eigenvalue weighted by molar-refractivity contribution is 0.130. The fraction of sp³-hybridized carbons (Fsp3) is 0.812. The highest BCUT2D eigenvalue weighted by atomic mass is 16.3. The smallest absolute Gasteiger partial charge is 0.0765 e. The Morgan fingerprint density at radius 1 is 1.40 bits per heavy atom. The molecular formula is C16H29N3O. The molecule has 0 amide bonds. The van der Waals surface area contributed by atoms with Gasteiger partial charge in [0.1, 0.15) is 0 Å². The molecule has 1 aromatic rings. The number of aliphatic hydroxyl groups is 1. The van der Waals surface area contributed by atoms with Crippen LogP contribution in [0.4, 0.5) is 0 Å². The summed E-state index contributed by atoms with van der Waals surface area (Å²) in [6.07, 6.45) is 7.50. The summed E-state index contributed by atoms with van der Waals surface area (Å²) in [6.45, 7) is 8.38. The molecule has 0 bridgehead atoms. The van der Waals surface area contributed by atoms with Gasteiger partial charge in [-0.2, -0.15) is 5.10 Å². The first kappa shape index (κ1) is 15.5. The number of aliphatic hydroxyl groups excluding tert-OH is 1. The number of hydrogen-bond acceptors (Lipinski definition) is 3. The second kappa shape index (κ2) is 7.23. The molecule has 2 unspecified atom stereocenters. The van der Waals surface area contributed by atoms with Gasteiger partial charge >= 0.3 is 0 Å². The van der Waals surface area contributed by atoms with E-state index in [4.69, 9.17) is 5.10 Å². The van der Waals surface area contributed by atoms with Gasteiger partial charge in [0, 0.05) is 18.8 Å². The Hall–Kier alpha value is -0.870. The molecule has 0 aromatic carbocycles. The van der Waals surface area contributed by atoms with Crippen LogP contribution in [0.3, 0.4) is 0 Å². The molecule has 2 heterocycles. The molecule has 1 aliphatic heterocycles.